The van der Waals surface area contributed by atoms with Crippen LogP contribution in [0.4, 0.5) is 4.39 Å². The van der Waals surface area contributed by atoms with Crippen molar-refractivity contribution in [3.63, 3.8) is 0 Å². The van der Waals surface area contributed by atoms with Crippen LogP contribution in [0.25, 0.3) is 17.3 Å². The topological polar surface area (TPSA) is 64.2 Å². The molecule has 0 aliphatic heterocycles. The maximum Gasteiger partial charge on any atom is 0.233 e. The highest BCUT2D eigenvalue weighted by atomic mass is 32.2. The monoisotopic (exact) mass is 374 g/mol. The van der Waals surface area contributed by atoms with Gasteiger partial charge in [0.1, 0.15) is 5.82 Å². The standard InChI is InChI=1S/C18H19FN4O2S/c1-3-22(4-2)16(24)12-26-18-21-20-17(15-6-5-11-25-15)23(18)14-9-7-13(19)8-10-14/h5-11H,3-4,12H2,1-2H3. The van der Waals surface area contributed by atoms with Gasteiger partial charge in [0.25, 0.3) is 0 Å². The van der Waals surface area contributed by atoms with Crippen molar-refractivity contribution < 1.29 is 13.6 Å². The number of thioether (sulfide) groups is 1. The van der Waals surface area contributed by atoms with E-state index < -0.39 is 0 Å². The summed E-state index contributed by atoms with van der Waals surface area (Å²) in [6.07, 6.45) is 1.55. The number of nitrogens with zero attached hydrogens (tertiary/aromatic N) is 4. The highest BCUT2D eigenvalue weighted by molar-refractivity contribution is 7.99. The van der Waals surface area contributed by atoms with Crippen LogP contribution >= 0.6 is 11.8 Å². The van der Waals surface area contributed by atoms with Gasteiger partial charge in [-0.3, -0.25) is 9.36 Å². The molecular formula is C18H19FN4O2S. The highest BCUT2D eigenvalue weighted by Crippen LogP contribution is 2.28. The van der Waals surface area contributed by atoms with E-state index in [9.17, 15) is 9.18 Å². The van der Waals surface area contributed by atoms with Gasteiger partial charge in [-0.25, -0.2) is 4.39 Å². The van der Waals surface area contributed by atoms with Crippen LogP contribution < -0.4 is 0 Å². The van der Waals surface area contributed by atoms with E-state index in [0.29, 0.717) is 35.5 Å². The molecule has 0 aliphatic rings. The number of carbonyl (C=O) groups is 1. The van der Waals surface area contributed by atoms with E-state index in [2.05, 4.69) is 10.2 Å². The SMILES string of the molecule is CCN(CC)C(=O)CSc1nnc(-c2ccco2)n1-c1ccc(F)cc1. The van der Waals surface area contributed by atoms with E-state index in [1.165, 1.54) is 23.9 Å². The normalized spacial score (nSPS) is 10.9. The fraction of sp³-hybridized carbons (Fsp3) is 0.278. The van der Waals surface area contributed by atoms with Crippen molar-refractivity contribution in [2.24, 2.45) is 0 Å². The molecule has 3 rings (SSSR count). The molecule has 2 aromatic heterocycles. The van der Waals surface area contributed by atoms with Crippen LogP contribution in [0.5, 0.6) is 0 Å². The summed E-state index contributed by atoms with van der Waals surface area (Å²) in [5.41, 5.74) is 0.695. The Kier molecular flexibility index (Phi) is 5.72. The number of benzene rings is 1. The Morgan fingerprint density at radius 2 is 1.92 bits per heavy atom. The second-order valence-electron chi connectivity index (χ2n) is 5.45. The second-order valence-corrected chi connectivity index (χ2v) is 6.39. The van der Waals surface area contributed by atoms with Crippen molar-refractivity contribution in [2.75, 3.05) is 18.8 Å². The van der Waals surface area contributed by atoms with Crippen molar-refractivity contribution in [1.29, 1.82) is 0 Å². The van der Waals surface area contributed by atoms with E-state index in [4.69, 9.17) is 4.42 Å². The highest BCUT2D eigenvalue weighted by Gasteiger charge is 2.20. The van der Waals surface area contributed by atoms with Crippen LogP contribution in [0.2, 0.25) is 0 Å². The third-order valence-electron chi connectivity index (χ3n) is 3.90. The van der Waals surface area contributed by atoms with E-state index in [-0.39, 0.29) is 17.5 Å². The minimum absolute atomic E-state index is 0.0354. The molecule has 136 valence electrons. The van der Waals surface area contributed by atoms with Gasteiger partial charge in [-0.1, -0.05) is 11.8 Å². The maximum absolute atomic E-state index is 13.3. The largest absolute Gasteiger partial charge is 0.461 e. The van der Waals surface area contributed by atoms with Gasteiger partial charge < -0.3 is 9.32 Å². The summed E-state index contributed by atoms with van der Waals surface area (Å²) >= 11 is 1.29. The second kappa shape index (κ2) is 8.18. The van der Waals surface area contributed by atoms with Crippen molar-refractivity contribution in [3.8, 4) is 17.3 Å². The molecule has 1 aromatic carbocycles. The number of hydrogen-bond acceptors (Lipinski definition) is 5. The molecule has 2 heterocycles. The first-order valence-corrected chi connectivity index (χ1v) is 9.28. The van der Waals surface area contributed by atoms with Gasteiger partial charge in [0.2, 0.25) is 11.7 Å². The summed E-state index contributed by atoms with van der Waals surface area (Å²) < 4.78 is 20.5. The zero-order chi connectivity index (χ0) is 18.5. The number of carbonyl (C=O) groups excluding carboxylic acids is 1. The first-order valence-electron chi connectivity index (χ1n) is 8.29. The van der Waals surface area contributed by atoms with Gasteiger partial charge in [0, 0.05) is 13.1 Å². The summed E-state index contributed by atoms with van der Waals surface area (Å²) in [5.74, 6) is 1.00. The third kappa shape index (κ3) is 3.80. The molecule has 8 heteroatoms. The number of amides is 1. The molecule has 0 atom stereocenters. The molecule has 3 aromatic rings. The van der Waals surface area contributed by atoms with Gasteiger partial charge >= 0.3 is 0 Å². The molecule has 0 saturated carbocycles. The zero-order valence-corrected chi connectivity index (χ0v) is 15.4. The Hall–Kier alpha value is -2.61. The van der Waals surface area contributed by atoms with Crippen molar-refractivity contribution >= 4 is 17.7 Å². The molecule has 0 saturated heterocycles. The maximum atomic E-state index is 13.3. The van der Waals surface area contributed by atoms with Gasteiger partial charge in [0.15, 0.2) is 10.9 Å². The molecule has 1 amide bonds. The van der Waals surface area contributed by atoms with Crippen LogP contribution in [0, 0.1) is 5.82 Å². The molecule has 0 bridgehead atoms. The molecule has 0 N–H and O–H groups in total. The molecule has 26 heavy (non-hydrogen) atoms. The lowest BCUT2D eigenvalue weighted by Crippen LogP contribution is -2.31. The average Bonchev–Trinajstić information content (AvgIpc) is 3.31. The Morgan fingerprint density at radius 3 is 2.54 bits per heavy atom. The van der Waals surface area contributed by atoms with Crippen LogP contribution in [-0.2, 0) is 4.79 Å². The molecular weight excluding hydrogens is 355 g/mol. The van der Waals surface area contributed by atoms with E-state index >= 15 is 0 Å². The Bertz CT molecular complexity index is 858. The van der Waals surface area contributed by atoms with Gasteiger partial charge in [-0.2, -0.15) is 0 Å². The summed E-state index contributed by atoms with van der Waals surface area (Å²) in [5, 5.41) is 8.95. The number of furan rings is 1. The molecule has 6 nitrogen and oxygen atoms in total. The third-order valence-corrected chi connectivity index (χ3v) is 4.81. The average molecular weight is 374 g/mol. The number of halogens is 1. The zero-order valence-electron chi connectivity index (χ0n) is 14.6. The van der Waals surface area contributed by atoms with E-state index in [0.717, 1.165) is 0 Å². The van der Waals surface area contributed by atoms with Crippen molar-refractivity contribution in [1.82, 2.24) is 19.7 Å². The predicted molar refractivity (Wildman–Crippen MR) is 97.7 cm³/mol. The van der Waals surface area contributed by atoms with Crippen LogP contribution in [-0.4, -0.2) is 44.4 Å². The Labute approximate surface area is 155 Å². The molecule has 0 unspecified atom stereocenters. The minimum atomic E-state index is -0.327. The smallest absolute Gasteiger partial charge is 0.233 e. The quantitative estimate of drug-likeness (QED) is 0.591. The fourth-order valence-electron chi connectivity index (χ4n) is 2.55. The van der Waals surface area contributed by atoms with Gasteiger partial charge in [0.05, 0.1) is 17.7 Å². The summed E-state index contributed by atoms with van der Waals surface area (Å²) in [7, 11) is 0. The molecule has 0 radical (unpaired) electrons. The lowest BCUT2D eigenvalue weighted by molar-refractivity contribution is -0.127. The number of hydrogen-bond donors (Lipinski definition) is 0. The first-order chi connectivity index (χ1) is 12.6. The summed E-state index contributed by atoms with van der Waals surface area (Å²) in [6, 6.07) is 9.56. The van der Waals surface area contributed by atoms with Crippen molar-refractivity contribution in [3.05, 3.63) is 48.5 Å². The minimum Gasteiger partial charge on any atom is -0.461 e. The Morgan fingerprint density at radius 1 is 1.19 bits per heavy atom. The molecule has 0 fully saturated rings. The van der Waals surface area contributed by atoms with E-state index in [1.54, 1.807) is 40.0 Å². The summed E-state index contributed by atoms with van der Waals surface area (Å²) in [6.45, 7) is 5.22. The Balaban J connectivity index is 1.93. The van der Waals surface area contributed by atoms with Crippen LogP contribution in [0.15, 0.2) is 52.2 Å². The predicted octanol–water partition coefficient (Wildman–Crippen LogP) is 3.63. The first kappa shape index (κ1) is 18.2. The van der Waals surface area contributed by atoms with E-state index in [1.807, 2.05) is 13.8 Å². The van der Waals surface area contributed by atoms with Crippen LogP contribution in [0.1, 0.15) is 13.8 Å². The lowest BCUT2D eigenvalue weighted by Gasteiger charge is -2.18. The van der Waals surface area contributed by atoms with Gasteiger partial charge in [-0.05, 0) is 50.2 Å². The van der Waals surface area contributed by atoms with Crippen LogP contribution in [0.3, 0.4) is 0 Å². The number of rotatable bonds is 7. The lowest BCUT2D eigenvalue weighted by atomic mass is 10.3. The fourth-order valence-corrected chi connectivity index (χ4v) is 3.40. The van der Waals surface area contributed by atoms with Crippen molar-refractivity contribution in [2.45, 2.75) is 19.0 Å². The number of aromatic nitrogens is 3. The summed E-state index contributed by atoms with van der Waals surface area (Å²) in [4.78, 5) is 14.0. The van der Waals surface area contributed by atoms with Gasteiger partial charge in [-0.15, -0.1) is 10.2 Å². The molecule has 0 spiro atoms. The molecule has 0 aliphatic carbocycles.